The van der Waals surface area contributed by atoms with Gasteiger partial charge >= 0.3 is 0 Å². The van der Waals surface area contributed by atoms with Crippen molar-refractivity contribution in [2.45, 2.75) is 6.92 Å². The summed E-state index contributed by atoms with van der Waals surface area (Å²) >= 11 is 0. The Morgan fingerprint density at radius 3 is 2.56 bits per heavy atom. The van der Waals surface area contributed by atoms with Crippen LogP contribution in [0.3, 0.4) is 0 Å². The van der Waals surface area contributed by atoms with E-state index in [4.69, 9.17) is 9.15 Å². The summed E-state index contributed by atoms with van der Waals surface area (Å²) in [5.74, 6) is 0.0159. The summed E-state index contributed by atoms with van der Waals surface area (Å²) in [5, 5.41) is 0.486. The molecule has 3 rings (SSSR count). The number of methoxy groups -OCH3 is 1. The van der Waals surface area contributed by atoms with E-state index in [9.17, 15) is 9.59 Å². The van der Waals surface area contributed by atoms with E-state index in [1.54, 1.807) is 13.2 Å². The second-order valence-electron chi connectivity index (χ2n) is 5.66. The van der Waals surface area contributed by atoms with Crippen LogP contribution in [0, 0.1) is 0 Å². The predicted molar refractivity (Wildman–Crippen MR) is 97.8 cm³/mol. The Labute approximate surface area is 145 Å². The van der Waals surface area contributed by atoms with Gasteiger partial charge in [-0.05, 0) is 11.6 Å². The number of nitrogens with zero attached hydrogens (tertiary/aromatic N) is 1. The highest BCUT2D eigenvalue weighted by Gasteiger charge is 2.17. The second-order valence-corrected chi connectivity index (χ2v) is 5.66. The van der Waals surface area contributed by atoms with E-state index in [0.717, 1.165) is 11.1 Å². The Morgan fingerprint density at radius 1 is 1.12 bits per heavy atom. The van der Waals surface area contributed by atoms with Crippen LogP contribution in [0.2, 0.25) is 0 Å². The van der Waals surface area contributed by atoms with Crippen molar-refractivity contribution in [2.75, 3.05) is 25.2 Å². The topological polar surface area (TPSA) is 59.8 Å². The van der Waals surface area contributed by atoms with E-state index in [1.165, 1.54) is 17.9 Å². The summed E-state index contributed by atoms with van der Waals surface area (Å²) in [4.78, 5) is 25.9. The van der Waals surface area contributed by atoms with Gasteiger partial charge in [0, 0.05) is 25.7 Å². The van der Waals surface area contributed by atoms with Gasteiger partial charge < -0.3 is 9.15 Å². The molecule has 2 aromatic carbocycles. The molecule has 0 saturated heterocycles. The molecular formula is C20H19NO4. The summed E-state index contributed by atoms with van der Waals surface area (Å²) in [6.07, 6.45) is 0. The molecule has 0 aliphatic heterocycles. The van der Waals surface area contributed by atoms with Crippen LogP contribution in [0.1, 0.15) is 6.92 Å². The molecule has 128 valence electrons. The standard InChI is InChI=1S/C20H19NO4/c1-14(22)21(11-12-24-2)19-13-18(23)17-10-6-9-16(20(17)25-19)15-7-4-3-5-8-15/h3-10,13H,11-12H2,1-2H3. The predicted octanol–water partition coefficient (Wildman–Crippen LogP) is 3.46. The lowest BCUT2D eigenvalue weighted by Gasteiger charge is -2.19. The molecule has 5 nitrogen and oxygen atoms in total. The lowest BCUT2D eigenvalue weighted by Crippen LogP contribution is -2.32. The highest BCUT2D eigenvalue weighted by atomic mass is 16.5. The molecule has 0 aliphatic rings. The highest BCUT2D eigenvalue weighted by Crippen LogP contribution is 2.29. The number of hydrogen-bond acceptors (Lipinski definition) is 4. The van der Waals surface area contributed by atoms with Crippen molar-refractivity contribution in [3.8, 4) is 11.1 Å². The third-order valence-electron chi connectivity index (χ3n) is 3.99. The van der Waals surface area contributed by atoms with Crippen molar-refractivity contribution in [1.82, 2.24) is 0 Å². The molecule has 0 atom stereocenters. The number of rotatable bonds is 5. The first-order valence-electron chi connectivity index (χ1n) is 8.01. The molecule has 1 aromatic heterocycles. The minimum Gasteiger partial charge on any atom is -0.439 e. The maximum Gasteiger partial charge on any atom is 0.226 e. The number of para-hydroxylation sites is 1. The zero-order chi connectivity index (χ0) is 17.8. The summed E-state index contributed by atoms with van der Waals surface area (Å²) in [6, 6.07) is 16.5. The van der Waals surface area contributed by atoms with Crippen LogP contribution in [0.15, 0.2) is 63.8 Å². The number of anilines is 1. The maximum atomic E-state index is 12.6. The maximum absolute atomic E-state index is 12.6. The smallest absolute Gasteiger partial charge is 0.226 e. The van der Waals surface area contributed by atoms with Crippen molar-refractivity contribution in [3.05, 3.63) is 64.8 Å². The number of fused-ring (bicyclic) bond motifs is 1. The molecule has 0 unspecified atom stereocenters. The van der Waals surface area contributed by atoms with E-state index in [2.05, 4.69) is 0 Å². The zero-order valence-corrected chi connectivity index (χ0v) is 14.2. The number of ether oxygens (including phenoxy) is 1. The third-order valence-corrected chi connectivity index (χ3v) is 3.99. The Kier molecular flexibility index (Phi) is 4.95. The quantitative estimate of drug-likeness (QED) is 0.715. The van der Waals surface area contributed by atoms with E-state index < -0.39 is 0 Å². The zero-order valence-electron chi connectivity index (χ0n) is 14.2. The van der Waals surface area contributed by atoms with Crippen LogP contribution in [0.25, 0.3) is 22.1 Å². The van der Waals surface area contributed by atoms with Crippen molar-refractivity contribution >= 4 is 22.8 Å². The molecule has 0 aliphatic carbocycles. The molecule has 0 radical (unpaired) electrons. The molecule has 5 heteroatoms. The summed E-state index contributed by atoms with van der Waals surface area (Å²) in [5.41, 5.74) is 2.05. The fourth-order valence-electron chi connectivity index (χ4n) is 2.75. The SMILES string of the molecule is COCCN(C(C)=O)c1cc(=O)c2cccc(-c3ccccc3)c2o1. The Bertz CT molecular complexity index is 947. The minimum absolute atomic E-state index is 0.183. The van der Waals surface area contributed by atoms with E-state index in [-0.39, 0.29) is 17.2 Å². The van der Waals surface area contributed by atoms with Gasteiger partial charge in [0.15, 0.2) is 5.43 Å². The minimum atomic E-state index is -0.211. The van der Waals surface area contributed by atoms with Gasteiger partial charge in [0.1, 0.15) is 5.58 Å². The van der Waals surface area contributed by atoms with Gasteiger partial charge in [-0.2, -0.15) is 0 Å². The lowest BCUT2D eigenvalue weighted by atomic mass is 10.0. The molecule has 0 bridgehead atoms. The largest absolute Gasteiger partial charge is 0.439 e. The van der Waals surface area contributed by atoms with Gasteiger partial charge in [-0.3, -0.25) is 14.5 Å². The Morgan fingerprint density at radius 2 is 1.88 bits per heavy atom. The number of carbonyl (C=O) groups excluding carboxylic acids is 1. The average Bonchev–Trinajstić information content (AvgIpc) is 2.62. The van der Waals surface area contributed by atoms with Crippen molar-refractivity contribution < 1.29 is 13.9 Å². The van der Waals surface area contributed by atoms with Crippen molar-refractivity contribution in [3.63, 3.8) is 0 Å². The van der Waals surface area contributed by atoms with Crippen LogP contribution >= 0.6 is 0 Å². The van der Waals surface area contributed by atoms with Crippen LogP contribution in [0.4, 0.5) is 5.88 Å². The first-order chi connectivity index (χ1) is 12.1. The summed E-state index contributed by atoms with van der Waals surface area (Å²) in [6.45, 7) is 2.10. The van der Waals surface area contributed by atoms with Gasteiger partial charge in [0.2, 0.25) is 11.8 Å². The second kappa shape index (κ2) is 7.32. The first-order valence-corrected chi connectivity index (χ1v) is 8.01. The van der Waals surface area contributed by atoms with Gasteiger partial charge in [-0.1, -0.05) is 42.5 Å². The highest BCUT2D eigenvalue weighted by molar-refractivity contribution is 5.95. The third kappa shape index (κ3) is 3.46. The van der Waals surface area contributed by atoms with Crippen LogP contribution in [-0.2, 0) is 9.53 Å². The summed E-state index contributed by atoms with van der Waals surface area (Å²) < 4.78 is 11.0. The van der Waals surface area contributed by atoms with Gasteiger partial charge in [-0.15, -0.1) is 0 Å². The van der Waals surface area contributed by atoms with E-state index in [1.807, 2.05) is 42.5 Å². The fraction of sp³-hybridized carbons (Fsp3) is 0.200. The van der Waals surface area contributed by atoms with Crippen molar-refractivity contribution in [2.24, 2.45) is 0 Å². The molecule has 3 aromatic rings. The van der Waals surface area contributed by atoms with E-state index >= 15 is 0 Å². The lowest BCUT2D eigenvalue weighted by molar-refractivity contribution is -0.116. The Balaban J connectivity index is 2.20. The average molecular weight is 337 g/mol. The molecular weight excluding hydrogens is 318 g/mol. The molecule has 0 fully saturated rings. The van der Waals surface area contributed by atoms with Gasteiger partial charge in [-0.25, -0.2) is 0 Å². The number of benzene rings is 2. The number of carbonyl (C=O) groups is 1. The normalized spacial score (nSPS) is 10.8. The fourth-order valence-corrected chi connectivity index (χ4v) is 2.75. The van der Waals surface area contributed by atoms with Gasteiger partial charge in [0.05, 0.1) is 18.5 Å². The molecule has 0 N–H and O–H groups in total. The van der Waals surface area contributed by atoms with Crippen molar-refractivity contribution in [1.29, 1.82) is 0 Å². The molecule has 0 saturated carbocycles. The van der Waals surface area contributed by atoms with Gasteiger partial charge in [0.25, 0.3) is 0 Å². The first kappa shape index (κ1) is 16.9. The van der Waals surface area contributed by atoms with Crippen LogP contribution in [0.5, 0.6) is 0 Å². The molecule has 0 spiro atoms. The molecule has 1 heterocycles. The summed E-state index contributed by atoms with van der Waals surface area (Å²) in [7, 11) is 1.56. The Hall–Kier alpha value is -2.92. The van der Waals surface area contributed by atoms with E-state index in [0.29, 0.717) is 24.1 Å². The number of hydrogen-bond donors (Lipinski definition) is 0. The number of amides is 1. The molecule has 1 amide bonds. The monoisotopic (exact) mass is 337 g/mol. The molecule has 25 heavy (non-hydrogen) atoms. The van der Waals surface area contributed by atoms with Crippen LogP contribution < -0.4 is 10.3 Å². The van der Waals surface area contributed by atoms with Crippen LogP contribution in [-0.4, -0.2) is 26.2 Å².